The van der Waals surface area contributed by atoms with Gasteiger partial charge in [-0.15, -0.1) is 0 Å². The van der Waals surface area contributed by atoms with Crippen LogP contribution >= 0.6 is 11.8 Å². The average molecular weight is 225 g/mol. The van der Waals surface area contributed by atoms with Crippen LogP contribution in [-0.4, -0.2) is 34.3 Å². The van der Waals surface area contributed by atoms with E-state index >= 15 is 0 Å². The molecule has 0 amide bonds. The Hall–Kier alpha value is -0.440. The molecule has 3 heteroatoms. The molecule has 84 valence electrons. The van der Waals surface area contributed by atoms with E-state index in [1.807, 2.05) is 6.08 Å². The van der Waals surface area contributed by atoms with Crippen LogP contribution in [0.4, 0.5) is 0 Å². The van der Waals surface area contributed by atoms with E-state index in [1.54, 1.807) is 0 Å². The van der Waals surface area contributed by atoms with Crippen molar-refractivity contribution in [1.82, 2.24) is 4.90 Å². The van der Waals surface area contributed by atoms with E-state index in [1.165, 1.54) is 17.9 Å². The van der Waals surface area contributed by atoms with Crippen molar-refractivity contribution in [3.8, 4) is 0 Å². The molecule has 1 heterocycles. The van der Waals surface area contributed by atoms with Crippen LogP contribution in [0.15, 0.2) is 11.8 Å². The van der Waals surface area contributed by atoms with Gasteiger partial charge in [0.05, 0.1) is 0 Å². The van der Waals surface area contributed by atoms with Gasteiger partial charge in [-0.25, -0.2) is 0 Å². The maximum Gasteiger partial charge on any atom is 0.157 e. The van der Waals surface area contributed by atoms with E-state index in [0.717, 1.165) is 25.9 Å². The van der Waals surface area contributed by atoms with Gasteiger partial charge < -0.3 is 4.90 Å². The molecule has 0 aromatic heterocycles. The van der Waals surface area contributed by atoms with Crippen LogP contribution < -0.4 is 0 Å². The predicted molar refractivity (Wildman–Crippen MR) is 65.1 cm³/mol. The molecule has 1 fully saturated rings. The van der Waals surface area contributed by atoms with E-state index in [9.17, 15) is 4.79 Å². The second kappa shape index (κ2) is 4.20. The van der Waals surface area contributed by atoms with Crippen molar-refractivity contribution in [2.45, 2.75) is 37.9 Å². The Morgan fingerprint density at radius 2 is 2.13 bits per heavy atom. The number of hydrogen-bond donors (Lipinski definition) is 0. The highest BCUT2D eigenvalue weighted by Crippen LogP contribution is 2.32. The Morgan fingerprint density at radius 1 is 1.33 bits per heavy atom. The van der Waals surface area contributed by atoms with Gasteiger partial charge in [0.15, 0.2) is 5.78 Å². The molecule has 0 saturated carbocycles. The summed E-state index contributed by atoms with van der Waals surface area (Å²) >= 11 is 2.05. The van der Waals surface area contributed by atoms with Gasteiger partial charge >= 0.3 is 0 Å². The lowest BCUT2D eigenvalue weighted by molar-refractivity contribution is -0.114. The number of rotatable bonds is 1. The summed E-state index contributed by atoms with van der Waals surface area (Å²) in [4.78, 5) is 13.6. The number of thioether (sulfide) groups is 1. The zero-order valence-corrected chi connectivity index (χ0v) is 10.4. The maximum atomic E-state index is 11.2. The molecule has 2 nitrogen and oxygen atoms in total. The Bertz CT molecular complexity index is 296. The molecule has 0 spiro atoms. The molecule has 2 aliphatic rings. The fourth-order valence-corrected chi connectivity index (χ4v) is 3.24. The fourth-order valence-electron chi connectivity index (χ4n) is 2.14. The monoisotopic (exact) mass is 225 g/mol. The lowest BCUT2D eigenvalue weighted by Gasteiger charge is -2.24. The number of allylic oxidation sites excluding steroid dienone is 2. The molecule has 0 bridgehead atoms. The van der Waals surface area contributed by atoms with Crippen LogP contribution in [0.1, 0.15) is 33.1 Å². The Balaban J connectivity index is 2.00. The molecule has 0 atom stereocenters. The van der Waals surface area contributed by atoms with Crippen LogP contribution in [0.25, 0.3) is 0 Å². The molecule has 1 aliphatic heterocycles. The molecule has 0 radical (unpaired) electrons. The first-order chi connectivity index (χ1) is 7.07. The van der Waals surface area contributed by atoms with Gasteiger partial charge in [0, 0.05) is 41.8 Å². The summed E-state index contributed by atoms with van der Waals surface area (Å²) in [6.45, 7) is 6.84. The third-order valence-electron chi connectivity index (χ3n) is 3.20. The average Bonchev–Trinajstić information content (AvgIpc) is 2.49. The van der Waals surface area contributed by atoms with Crippen molar-refractivity contribution in [1.29, 1.82) is 0 Å². The molecule has 0 N–H and O–H groups in total. The standard InChI is InChI=1S/C12H19NOS/c1-12(2)5-6-13(7-8-15-12)10-3-4-11(14)9-10/h9H,3-8H2,1-2H3. The topological polar surface area (TPSA) is 20.3 Å². The summed E-state index contributed by atoms with van der Waals surface area (Å²) < 4.78 is 0.401. The molecule has 15 heavy (non-hydrogen) atoms. The van der Waals surface area contributed by atoms with Crippen molar-refractivity contribution in [3.05, 3.63) is 11.8 Å². The third kappa shape index (κ3) is 2.77. The molecule has 0 unspecified atom stereocenters. The van der Waals surface area contributed by atoms with E-state index in [0.29, 0.717) is 10.5 Å². The number of ketones is 1. The van der Waals surface area contributed by atoms with E-state index in [2.05, 4.69) is 30.5 Å². The van der Waals surface area contributed by atoms with Crippen molar-refractivity contribution >= 4 is 17.5 Å². The predicted octanol–water partition coefficient (Wildman–Crippen LogP) is 2.45. The first-order valence-corrected chi connectivity index (χ1v) is 6.68. The van der Waals surface area contributed by atoms with Crippen LogP contribution in [0.3, 0.4) is 0 Å². The van der Waals surface area contributed by atoms with Crippen molar-refractivity contribution in [3.63, 3.8) is 0 Å². The van der Waals surface area contributed by atoms with Crippen molar-refractivity contribution in [2.24, 2.45) is 0 Å². The normalized spacial score (nSPS) is 26.4. The summed E-state index contributed by atoms with van der Waals surface area (Å²) in [5.41, 5.74) is 1.28. The molecule has 2 rings (SSSR count). The Morgan fingerprint density at radius 3 is 2.80 bits per heavy atom. The van der Waals surface area contributed by atoms with Crippen LogP contribution in [-0.2, 0) is 4.79 Å². The van der Waals surface area contributed by atoms with Gasteiger partial charge in [-0.2, -0.15) is 11.8 Å². The SMILES string of the molecule is CC1(C)CCN(C2=CC(=O)CC2)CCS1. The molecule has 0 aromatic carbocycles. The van der Waals surface area contributed by atoms with Gasteiger partial charge in [-0.3, -0.25) is 4.79 Å². The minimum Gasteiger partial charge on any atom is -0.374 e. The van der Waals surface area contributed by atoms with Crippen LogP contribution in [0.5, 0.6) is 0 Å². The van der Waals surface area contributed by atoms with Crippen LogP contribution in [0, 0.1) is 0 Å². The summed E-state index contributed by atoms with van der Waals surface area (Å²) in [7, 11) is 0. The van der Waals surface area contributed by atoms with E-state index in [4.69, 9.17) is 0 Å². The zero-order valence-electron chi connectivity index (χ0n) is 9.58. The highest BCUT2D eigenvalue weighted by atomic mass is 32.2. The quantitative estimate of drug-likeness (QED) is 0.683. The van der Waals surface area contributed by atoms with Gasteiger partial charge in [0.1, 0.15) is 0 Å². The zero-order chi connectivity index (χ0) is 10.9. The van der Waals surface area contributed by atoms with Gasteiger partial charge in [0.25, 0.3) is 0 Å². The minimum absolute atomic E-state index is 0.307. The molecule has 0 aromatic rings. The first-order valence-electron chi connectivity index (χ1n) is 5.69. The highest BCUT2D eigenvalue weighted by molar-refractivity contribution is 8.00. The number of carbonyl (C=O) groups is 1. The van der Waals surface area contributed by atoms with E-state index < -0.39 is 0 Å². The van der Waals surface area contributed by atoms with Crippen molar-refractivity contribution < 1.29 is 4.79 Å². The van der Waals surface area contributed by atoms with Gasteiger partial charge in [-0.1, -0.05) is 13.8 Å². The Kier molecular flexibility index (Phi) is 3.10. The van der Waals surface area contributed by atoms with Gasteiger partial charge in [-0.05, 0) is 12.8 Å². The molecular weight excluding hydrogens is 206 g/mol. The lowest BCUT2D eigenvalue weighted by Crippen LogP contribution is -2.26. The highest BCUT2D eigenvalue weighted by Gasteiger charge is 2.26. The minimum atomic E-state index is 0.307. The number of carbonyl (C=O) groups excluding carboxylic acids is 1. The lowest BCUT2D eigenvalue weighted by atomic mass is 10.1. The second-order valence-electron chi connectivity index (χ2n) is 4.95. The fraction of sp³-hybridized carbons (Fsp3) is 0.750. The van der Waals surface area contributed by atoms with Crippen LogP contribution in [0.2, 0.25) is 0 Å². The van der Waals surface area contributed by atoms with Gasteiger partial charge in [0.2, 0.25) is 0 Å². The second-order valence-corrected chi connectivity index (χ2v) is 6.75. The first kappa shape index (κ1) is 11.1. The summed E-state index contributed by atoms with van der Waals surface area (Å²) in [6, 6.07) is 0. The smallest absolute Gasteiger partial charge is 0.157 e. The largest absolute Gasteiger partial charge is 0.374 e. The van der Waals surface area contributed by atoms with E-state index in [-0.39, 0.29) is 0 Å². The summed E-state index contributed by atoms with van der Waals surface area (Å²) in [6.07, 6.45) is 4.75. The maximum absolute atomic E-state index is 11.2. The number of nitrogens with zero attached hydrogens (tertiary/aromatic N) is 1. The van der Waals surface area contributed by atoms with Crippen molar-refractivity contribution in [2.75, 3.05) is 18.8 Å². The number of hydrogen-bond acceptors (Lipinski definition) is 3. The molecule has 1 saturated heterocycles. The Labute approximate surface area is 96.1 Å². The molecule has 1 aliphatic carbocycles. The third-order valence-corrected chi connectivity index (χ3v) is 4.57. The summed E-state index contributed by atoms with van der Waals surface area (Å²) in [5.74, 6) is 1.49. The molecular formula is C12H19NOS. The summed E-state index contributed by atoms with van der Waals surface area (Å²) in [5, 5.41) is 0.